The number of pyridine rings is 1. The lowest BCUT2D eigenvalue weighted by Crippen LogP contribution is -2.07. The first kappa shape index (κ1) is 25.0. The van der Waals surface area contributed by atoms with E-state index < -0.39 is 17.6 Å². The van der Waals surface area contributed by atoms with Crippen LogP contribution in [0, 0.1) is 5.82 Å². The van der Waals surface area contributed by atoms with E-state index in [1.165, 1.54) is 5.56 Å². The number of nitrogens with two attached hydrogens (primary N) is 1. The van der Waals surface area contributed by atoms with Crippen LogP contribution >= 0.6 is 0 Å². The van der Waals surface area contributed by atoms with Crippen LogP contribution in [0.15, 0.2) is 36.5 Å². The minimum atomic E-state index is -4.58. The molecule has 0 aliphatic carbocycles. The first-order chi connectivity index (χ1) is 15.2. The smallest absolute Gasteiger partial charge is 0.372 e. The predicted octanol–water partition coefficient (Wildman–Crippen LogP) is 4.80. The summed E-state index contributed by atoms with van der Waals surface area (Å²) in [5, 5.41) is 4.69. The number of alkyl halides is 3. The number of primary amides is 1. The molecule has 1 aromatic carbocycles. The summed E-state index contributed by atoms with van der Waals surface area (Å²) in [6.07, 6.45) is -0.0886. The summed E-state index contributed by atoms with van der Waals surface area (Å²) in [6.45, 7) is 6.20. The largest absolute Gasteiger partial charge is 0.416 e. The second-order valence-electron chi connectivity index (χ2n) is 7.03. The highest BCUT2D eigenvalue weighted by Gasteiger charge is 2.31. The van der Waals surface area contributed by atoms with Crippen molar-refractivity contribution in [2.24, 2.45) is 5.73 Å². The van der Waals surface area contributed by atoms with Gasteiger partial charge in [0.2, 0.25) is 6.41 Å². The second kappa shape index (κ2) is 10.9. The van der Waals surface area contributed by atoms with Crippen LogP contribution in [-0.4, -0.2) is 21.2 Å². The topological polar surface area (TPSA) is 73.8 Å². The van der Waals surface area contributed by atoms with Gasteiger partial charge in [-0.15, -0.1) is 0 Å². The van der Waals surface area contributed by atoms with Crippen LogP contribution < -0.4 is 5.73 Å². The number of halogens is 4. The Hall–Kier alpha value is -3.23. The molecule has 5 nitrogen and oxygen atoms in total. The highest BCUT2D eigenvalue weighted by molar-refractivity contribution is 5.42. The van der Waals surface area contributed by atoms with E-state index in [9.17, 15) is 17.6 Å². The van der Waals surface area contributed by atoms with Crippen LogP contribution in [0.4, 0.5) is 17.6 Å². The number of amides is 1. The summed E-state index contributed by atoms with van der Waals surface area (Å²) in [6, 6.07) is 6.14. The molecule has 3 aromatic rings. The first-order valence-corrected chi connectivity index (χ1v) is 10.2. The molecule has 3 rings (SSSR count). The van der Waals surface area contributed by atoms with Crippen LogP contribution in [0.3, 0.4) is 0 Å². The molecule has 0 aliphatic heterocycles. The van der Waals surface area contributed by atoms with Gasteiger partial charge in [-0.25, -0.2) is 14.1 Å². The summed E-state index contributed by atoms with van der Waals surface area (Å²) in [7, 11) is 0. The zero-order valence-corrected chi connectivity index (χ0v) is 18.2. The summed E-state index contributed by atoms with van der Waals surface area (Å²) >= 11 is 0. The van der Waals surface area contributed by atoms with E-state index in [0.29, 0.717) is 11.9 Å². The molecule has 2 heterocycles. The fraction of sp³-hybridized carbons (Fsp3) is 0.348. The molecule has 32 heavy (non-hydrogen) atoms. The zero-order chi connectivity index (χ0) is 23.9. The van der Waals surface area contributed by atoms with Crippen LogP contribution in [-0.2, 0) is 36.7 Å². The molecule has 0 unspecified atom stereocenters. The van der Waals surface area contributed by atoms with Crippen molar-refractivity contribution >= 4 is 6.41 Å². The van der Waals surface area contributed by atoms with E-state index >= 15 is 0 Å². The maximum absolute atomic E-state index is 13.7. The minimum Gasteiger partial charge on any atom is -0.372 e. The Morgan fingerprint density at radius 2 is 1.72 bits per heavy atom. The Labute approximate surface area is 184 Å². The Bertz CT molecular complexity index is 1060. The molecular weight excluding hydrogens is 424 g/mol. The van der Waals surface area contributed by atoms with E-state index in [1.807, 2.05) is 4.68 Å². The summed E-state index contributed by atoms with van der Waals surface area (Å²) in [5.74, 6) is -0.286. The lowest BCUT2D eigenvalue weighted by Gasteiger charge is -2.11. The van der Waals surface area contributed by atoms with Crippen LogP contribution in [0.2, 0.25) is 0 Å². The molecule has 0 aliphatic rings. The van der Waals surface area contributed by atoms with E-state index in [-0.39, 0.29) is 18.4 Å². The van der Waals surface area contributed by atoms with Gasteiger partial charge in [0.25, 0.3) is 0 Å². The lowest BCUT2D eigenvalue weighted by atomic mass is 10.0. The van der Waals surface area contributed by atoms with Crippen LogP contribution in [0.25, 0.3) is 5.82 Å². The Morgan fingerprint density at radius 3 is 2.28 bits per heavy atom. The van der Waals surface area contributed by atoms with E-state index in [4.69, 9.17) is 9.89 Å². The summed E-state index contributed by atoms with van der Waals surface area (Å²) < 4.78 is 54.4. The van der Waals surface area contributed by atoms with Gasteiger partial charge >= 0.3 is 6.18 Å². The fourth-order valence-corrected chi connectivity index (χ4v) is 3.62. The van der Waals surface area contributed by atoms with Gasteiger partial charge in [-0.2, -0.15) is 18.3 Å². The molecule has 172 valence electrons. The molecule has 0 atom stereocenters. The second-order valence-corrected chi connectivity index (χ2v) is 7.03. The highest BCUT2D eigenvalue weighted by atomic mass is 19.4. The van der Waals surface area contributed by atoms with Gasteiger partial charge in [0.05, 0.1) is 11.3 Å². The van der Waals surface area contributed by atoms with Crippen molar-refractivity contribution in [1.82, 2.24) is 14.8 Å². The Balaban J connectivity index is 0.00000114. The van der Waals surface area contributed by atoms with Crippen molar-refractivity contribution in [2.45, 2.75) is 52.6 Å². The number of carbonyl (C=O) groups excluding carboxylic acids is 1. The quantitative estimate of drug-likeness (QED) is 0.433. The molecular formula is C23H26F4N4O. The first-order valence-electron chi connectivity index (χ1n) is 10.2. The van der Waals surface area contributed by atoms with Gasteiger partial charge in [-0.3, -0.25) is 4.79 Å². The molecule has 1 amide bonds. The third-order valence-corrected chi connectivity index (χ3v) is 4.92. The minimum absolute atomic E-state index is 0.167. The maximum atomic E-state index is 13.7. The van der Waals surface area contributed by atoms with Crippen molar-refractivity contribution in [1.29, 1.82) is 0 Å². The number of rotatable bonds is 6. The number of hydrogen-bond acceptors (Lipinski definition) is 3. The molecule has 0 saturated heterocycles. The van der Waals surface area contributed by atoms with Crippen LogP contribution in [0.5, 0.6) is 0 Å². The number of carbonyl (C=O) groups is 1. The Morgan fingerprint density at radius 1 is 1.03 bits per heavy atom. The average molecular weight is 450 g/mol. The van der Waals surface area contributed by atoms with Crippen molar-refractivity contribution in [3.8, 4) is 5.82 Å². The fourth-order valence-electron chi connectivity index (χ4n) is 3.62. The van der Waals surface area contributed by atoms with Gasteiger partial charge in [-0.05, 0) is 72.7 Å². The van der Waals surface area contributed by atoms with Crippen molar-refractivity contribution in [2.75, 3.05) is 0 Å². The molecule has 0 bridgehead atoms. The molecule has 2 aromatic heterocycles. The third-order valence-electron chi connectivity index (χ3n) is 4.92. The average Bonchev–Trinajstić information content (AvgIpc) is 3.11. The SMILES string of the molecule is CCc1nn(-c2cc(Cc3cc(F)cc(C(F)(F)F)c3)ccn2)c(CC)c1CC.NC=O. The summed E-state index contributed by atoms with van der Waals surface area (Å²) in [5.41, 5.74) is 7.50. The standard InChI is InChI=1S/C22H23F4N3.CH3NO/c1-4-18-19(5-2)28-29(20(18)6-3)21-12-14(7-8-27-21)9-15-10-16(22(24,25)26)13-17(23)11-15;2-1-3/h7-8,10-13H,4-6,9H2,1-3H3;1H,(H2,2,3). The van der Waals surface area contributed by atoms with E-state index in [0.717, 1.165) is 48.3 Å². The third kappa shape index (κ3) is 5.93. The number of benzene rings is 1. The van der Waals surface area contributed by atoms with E-state index in [1.54, 1.807) is 18.3 Å². The molecule has 0 saturated carbocycles. The van der Waals surface area contributed by atoms with Gasteiger partial charge in [-0.1, -0.05) is 20.8 Å². The lowest BCUT2D eigenvalue weighted by molar-refractivity contribution is -0.137. The molecule has 9 heteroatoms. The van der Waals surface area contributed by atoms with Gasteiger partial charge in [0.1, 0.15) is 5.82 Å². The number of nitrogens with zero attached hydrogens (tertiary/aromatic N) is 3. The van der Waals surface area contributed by atoms with Crippen molar-refractivity contribution in [3.63, 3.8) is 0 Å². The zero-order valence-electron chi connectivity index (χ0n) is 18.2. The molecule has 0 spiro atoms. The van der Waals surface area contributed by atoms with Gasteiger partial charge in [0, 0.05) is 11.9 Å². The Kier molecular flexibility index (Phi) is 8.51. The summed E-state index contributed by atoms with van der Waals surface area (Å²) in [4.78, 5) is 13.0. The number of hydrogen-bond donors (Lipinski definition) is 1. The number of aryl methyl sites for hydroxylation is 1. The number of aromatic nitrogens is 3. The maximum Gasteiger partial charge on any atom is 0.416 e. The van der Waals surface area contributed by atoms with Crippen LogP contribution in [0.1, 0.15) is 54.4 Å². The monoisotopic (exact) mass is 450 g/mol. The van der Waals surface area contributed by atoms with Crippen molar-refractivity contribution in [3.05, 3.63) is 76.0 Å². The van der Waals surface area contributed by atoms with Gasteiger partial charge < -0.3 is 5.73 Å². The van der Waals surface area contributed by atoms with Crippen molar-refractivity contribution < 1.29 is 22.4 Å². The molecule has 0 fully saturated rings. The highest BCUT2D eigenvalue weighted by Crippen LogP contribution is 2.31. The molecule has 2 N–H and O–H groups in total. The normalized spacial score (nSPS) is 11.1. The molecule has 0 radical (unpaired) electrons. The van der Waals surface area contributed by atoms with Gasteiger partial charge in [0.15, 0.2) is 5.82 Å². The predicted molar refractivity (Wildman–Crippen MR) is 114 cm³/mol. The van der Waals surface area contributed by atoms with E-state index in [2.05, 4.69) is 31.5 Å².